The summed E-state index contributed by atoms with van der Waals surface area (Å²) in [6.45, 7) is 6.54. The van der Waals surface area contributed by atoms with Crippen LogP contribution in [0.3, 0.4) is 0 Å². The Morgan fingerprint density at radius 3 is 2.81 bits per heavy atom. The minimum Gasteiger partial charge on any atom is -0.507 e. The van der Waals surface area contributed by atoms with Crippen LogP contribution < -0.4 is 0 Å². The molecule has 0 unspecified atom stereocenters. The molecule has 0 heterocycles. The number of halogens is 1. The Hall–Kier alpha value is -1.29. The minimum absolute atomic E-state index is 0.0121. The predicted octanol–water partition coefficient (Wildman–Crippen LogP) is 2.80. The quantitative estimate of drug-likeness (QED) is 0.864. The lowest BCUT2D eigenvalue weighted by Crippen LogP contribution is -2.30. The van der Waals surface area contributed by atoms with Crippen LogP contribution in [0.1, 0.15) is 17.3 Å². The Balaban J connectivity index is 2.98. The van der Waals surface area contributed by atoms with Crippen molar-refractivity contribution in [2.45, 2.75) is 6.92 Å². The second-order valence-corrected chi connectivity index (χ2v) is 4.21. The fourth-order valence-electron chi connectivity index (χ4n) is 1.37. The van der Waals surface area contributed by atoms with Crippen molar-refractivity contribution in [3.05, 3.63) is 40.9 Å². The van der Waals surface area contributed by atoms with E-state index in [-0.39, 0.29) is 11.7 Å². The summed E-state index contributed by atoms with van der Waals surface area (Å²) in [5, 5.41) is 9.67. The van der Waals surface area contributed by atoms with Crippen LogP contribution in [0.25, 0.3) is 0 Å². The van der Waals surface area contributed by atoms with Crippen molar-refractivity contribution in [3.8, 4) is 5.75 Å². The Bertz CT molecular complexity index is 404. The van der Waals surface area contributed by atoms with Crippen molar-refractivity contribution in [2.75, 3.05) is 13.1 Å². The number of hydrogen-bond donors (Lipinski definition) is 1. The van der Waals surface area contributed by atoms with Gasteiger partial charge < -0.3 is 10.0 Å². The monoisotopic (exact) mass is 283 g/mol. The van der Waals surface area contributed by atoms with Crippen LogP contribution in [0.5, 0.6) is 5.75 Å². The van der Waals surface area contributed by atoms with Crippen molar-refractivity contribution < 1.29 is 9.90 Å². The van der Waals surface area contributed by atoms with Crippen LogP contribution in [-0.2, 0) is 0 Å². The van der Waals surface area contributed by atoms with Crippen molar-refractivity contribution >= 4 is 21.8 Å². The van der Waals surface area contributed by atoms with Crippen molar-refractivity contribution in [1.82, 2.24) is 4.90 Å². The molecule has 16 heavy (non-hydrogen) atoms. The third-order valence-corrected chi connectivity index (χ3v) is 2.70. The van der Waals surface area contributed by atoms with Gasteiger partial charge in [-0.15, -0.1) is 6.58 Å². The topological polar surface area (TPSA) is 40.5 Å². The zero-order valence-corrected chi connectivity index (χ0v) is 10.7. The van der Waals surface area contributed by atoms with Crippen LogP contribution in [0.2, 0.25) is 0 Å². The molecule has 0 aromatic heterocycles. The fraction of sp³-hybridized carbons (Fsp3) is 0.250. The average molecular weight is 284 g/mol. The summed E-state index contributed by atoms with van der Waals surface area (Å²) >= 11 is 3.23. The number of carbonyl (C=O) groups is 1. The standard InChI is InChI=1S/C12H14BrNO2/c1-3-7-14(4-2)12(16)10-6-5-9(13)8-11(10)15/h3,5-6,8,15H,1,4,7H2,2H3. The summed E-state index contributed by atoms with van der Waals surface area (Å²) in [5.74, 6) is -0.200. The highest BCUT2D eigenvalue weighted by atomic mass is 79.9. The molecule has 0 atom stereocenters. The molecule has 0 aliphatic heterocycles. The van der Waals surface area contributed by atoms with E-state index in [9.17, 15) is 9.90 Å². The van der Waals surface area contributed by atoms with Crippen LogP contribution in [0, 0.1) is 0 Å². The van der Waals surface area contributed by atoms with Gasteiger partial charge >= 0.3 is 0 Å². The fourth-order valence-corrected chi connectivity index (χ4v) is 1.72. The zero-order chi connectivity index (χ0) is 12.1. The predicted molar refractivity (Wildman–Crippen MR) is 67.6 cm³/mol. The summed E-state index contributed by atoms with van der Waals surface area (Å²) in [6, 6.07) is 4.84. The molecule has 0 saturated carbocycles. The molecule has 1 aromatic carbocycles. The average Bonchev–Trinajstić information content (AvgIpc) is 2.25. The number of benzene rings is 1. The molecular weight excluding hydrogens is 270 g/mol. The second kappa shape index (κ2) is 5.70. The van der Waals surface area contributed by atoms with Gasteiger partial charge in [-0.1, -0.05) is 22.0 Å². The number of phenolic OH excluding ortho intramolecular Hbond substituents is 1. The highest BCUT2D eigenvalue weighted by molar-refractivity contribution is 9.10. The van der Waals surface area contributed by atoms with E-state index in [1.807, 2.05) is 6.92 Å². The van der Waals surface area contributed by atoms with E-state index < -0.39 is 0 Å². The summed E-state index contributed by atoms with van der Waals surface area (Å²) in [4.78, 5) is 13.6. The normalized spacial score (nSPS) is 9.88. The molecule has 0 radical (unpaired) electrons. The number of rotatable bonds is 4. The van der Waals surface area contributed by atoms with Crippen LogP contribution in [0.15, 0.2) is 35.3 Å². The van der Waals surface area contributed by atoms with Gasteiger partial charge in [0.15, 0.2) is 0 Å². The molecule has 0 bridgehead atoms. The minimum atomic E-state index is -0.188. The molecule has 3 nitrogen and oxygen atoms in total. The summed E-state index contributed by atoms with van der Waals surface area (Å²) in [6.07, 6.45) is 1.66. The molecule has 1 N–H and O–H groups in total. The number of hydrogen-bond acceptors (Lipinski definition) is 2. The highest BCUT2D eigenvalue weighted by Gasteiger charge is 2.16. The van der Waals surface area contributed by atoms with Gasteiger partial charge in [0.2, 0.25) is 0 Å². The number of amides is 1. The van der Waals surface area contributed by atoms with Gasteiger partial charge in [-0.25, -0.2) is 0 Å². The van der Waals surface area contributed by atoms with Crippen molar-refractivity contribution in [3.63, 3.8) is 0 Å². The number of carbonyl (C=O) groups excluding carboxylic acids is 1. The molecule has 1 rings (SSSR count). The van der Waals surface area contributed by atoms with Crippen LogP contribution >= 0.6 is 15.9 Å². The Morgan fingerprint density at radius 1 is 1.62 bits per heavy atom. The first-order valence-corrected chi connectivity index (χ1v) is 5.78. The first-order valence-electron chi connectivity index (χ1n) is 4.98. The Labute approximate surface area is 104 Å². The maximum Gasteiger partial charge on any atom is 0.257 e. The van der Waals surface area contributed by atoms with Crippen molar-refractivity contribution in [2.24, 2.45) is 0 Å². The third kappa shape index (κ3) is 2.85. The van der Waals surface area contributed by atoms with E-state index in [0.717, 1.165) is 4.47 Å². The molecule has 0 aliphatic rings. The molecular formula is C12H14BrNO2. The molecule has 0 saturated heterocycles. The smallest absolute Gasteiger partial charge is 0.257 e. The highest BCUT2D eigenvalue weighted by Crippen LogP contribution is 2.23. The third-order valence-electron chi connectivity index (χ3n) is 2.21. The molecule has 0 aliphatic carbocycles. The van der Waals surface area contributed by atoms with E-state index in [2.05, 4.69) is 22.5 Å². The van der Waals surface area contributed by atoms with Gasteiger partial charge in [0, 0.05) is 17.6 Å². The zero-order valence-electron chi connectivity index (χ0n) is 9.11. The second-order valence-electron chi connectivity index (χ2n) is 3.29. The van der Waals surface area contributed by atoms with Crippen LogP contribution in [0.4, 0.5) is 0 Å². The van der Waals surface area contributed by atoms with E-state index in [1.54, 1.807) is 23.1 Å². The van der Waals surface area contributed by atoms with Crippen LogP contribution in [-0.4, -0.2) is 29.0 Å². The summed E-state index contributed by atoms with van der Waals surface area (Å²) in [5.41, 5.74) is 0.312. The van der Waals surface area contributed by atoms with Gasteiger partial charge in [0.1, 0.15) is 5.75 Å². The van der Waals surface area contributed by atoms with Crippen molar-refractivity contribution in [1.29, 1.82) is 0 Å². The first kappa shape index (κ1) is 12.8. The lowest BCUT2D eigenvalue weighted by molar-refractivity contribution is 0.0779. The number of aromatic hydroxyl groups is 1. The lowest BCUT2D eigenvalue weighted by atomic mass is 10.1. The van der Waals surface area contributed by atoms with E-state index in [1.165, 1.54) is 6.07 Å². The van der Waals surface area contributed by atoms with Gasteiger partial charge in [-0.3, -0.25) is 4.79 Å². The molecule has 1 amide bonds. The van der Waals surface area contributed by atoms with Gasteiger partial charge in [-0.05, 0) is 25.1 Å². The van der Waals surface area contributed by atoms with E-state index in [0.29, 0.717) is 18.7 Å². The molecule has 0 fully saturated rings. The number of phenols is 1. The maximum atomic E-state index is 12.0. The van der Waals surface area contributed by atoms with Gasteiger partial charge in [-0.2, -0.15) is 0 Å². The van der Waals surface area contributed by atoms with E-state index in [4.69, 9.17) is 0 Å². The first-order chi connectivity index (χ1) is 7.60. The summed E-state index contributed by atoms with van der Waals surface area (Å²) < 4.78 is 0.744. The Kier molecular flexibility index (Phi) is 4.55. The molecule has 1 aromatic rings. The van der Waals surface area contributed by atoms with E-state index >= 15 is 0 Å². The largest absolute Gasteiger partial charge is 0.507 e. The molecule has 0 spiro atoms. The van der Waals surface area contributed by atoms with Gasteiger partial charge in [0.05, 0.1) is 5.56 Å². The van der Waals surface area contributed by atoms with Gasteiger partial charge in [0.25, 0.3) is 5.91 Å². The Morgan fingerprint density at radius 2 is 2.31 bits per heavy atom. The number of nitrogens with zero attached hydrogens (tertiary/aromatic N) is 1. The molecule has 86 valence electrons. The summed E-state index contributed by atoms with van der Waals surface area (Å²) in [7, 11) is 0. The molecule has 4 heteroatoms. The lowest BCUT2D eigenvalue weighted by Gasteiger charge is -2.19. The maximum absolute atomic E-state index is 12.0. The SMILES string of the molecule is C=CCN(CC)C(=O)c1ccc(Br)cc1O. The number of likely N-dealkylation sites (N-methyl/N-ethyl adjacent to an activating group) is 1.